The van der Waals surface area contributed by atoms with Gasteiger partial charge in [-0.25, -0.2) is 4.79 Å². The molecule has 0 unspecified atom stereocenters. The van der Waals surface area contributed by atoms with E-state index in [-0.39, 0.29) is 24.3 Å². The second-order valence-corrected chi connectivity index (χ2v) is 5.47. The Hall–Kier alpha value is -2.50. The first-order valence-corrected chi connectivity index (χ1v) is 7.34. The summed E-state index contributed by atoms with van der Waals surface area (Å²) in [6.07, 6.45) is 2.73. The number of rotatable bonds is 7. The number of amides is 1. The number of hydrogen-bond acceptors (Lipinski definition) is 5. The molecule has 0 spiro atoms. The van der Waals surface area contributed by atoms with E-state index in [1.54, 1.807) is 12.1 Å². The quantitative estimate of drug-likeness (QED) is 0.593. The molecular weight excluding hydrogens is 298 g/mol. The summed E-state index contributed by atoms with van der Waals surface area (Å²) >= 11 is 0. The van der Waals surface area contributed by atoms with Crippen molar-refractivity contribution in [2.45, 2.75) is 26.8 Å². The lowest BCUT2D eigenvalue weighted by atomic mass is 10.1. The Morgan fingerprint density at radius 2 is 2.00 bits per heavy atom. The van der Waals surface area contributed by atoms with E-state index in [1.165, 1.54) is 25.3 Å². The van der Waals surface area contributed by atoms with Gasteiger partial charge < -0.3 is 19.9 Å². The minimum Gasteiger partial charge on any atom is -0.504 e. The Morgan fingerprint density at radius 3 is 2.61 bits per heavy atom. The summed E-state index contributed by atoms with van der Waals surface area (Å²) in [5, 5.41) is 12.2. The fraction of sp³-hybridized carbons (Fsp3) is 0.412. The van der Waals surface area contributed by atoms with Crippen LogP contribution in [0, 0.1) is 5.92 Å². The molecule has 0 aromatic heterocycles. The van der Waals surface area contributed by atoms with Gasteiger partial charge in [0.1, 0.15) is 0 Å². The minimum absolute atomic E-state index is 0.0150. The number of phenolic OH excluding ortho intramolecular Hbond substituents is 1. The first-order valence-electron chi connectivity index (χ1n) is 7.34. The molecule has 2 N–H and O–H groups in total. The highest BCUT2D eigenvalue weighted by atomic mass is 16.5. The predicted molar refractivity (Wildman–Crippen MR) is 87.1 cm³/mol. The van der Waals surface area contributed by atoms with Crippen molar-refractivity contribution >= 4 is 18.0 Å². The second-order valence-electron chi connectivity index (χ2n) is 5.47. The normalized spacial score (nSPS) is 12.2. The van der Waals surface area contributed by atoms with Gasteiger partial charge in [-0.3, -0.25) is 4.79 Å². The predicted octanol–water partition coefficient (Wildman–Crippen LogP) is 2.12. The number of carbonyl (C=O) groups is 2. The van der Waals surface area contributed by atoms with Crippen LogP contribution >= 0.6 is 0 Å². The zero-order valence-corrected chi connectivity index (χ0v) is 13.8. The standard InChI is InChI=1S/C17H23NO5/c1-11(2)12(3)18-16(20)10-23-17(21)8-6-13-5-7-14(19)15(9-13)22-4/h5-9,11-12,19H,10H2,1-4H3,(H,18,20)/b8-6+/t12-/m1/s1. The van der Waals surface area contributed by atoms with Crippen molar-refractivity contribution in [2.75, 3.05) is 13.7 Å². The molecule has 1 atom stereocenters. The third-order valence-electron chi connectivity index (χ3n) is 3.35. The van der Waals surface area contributed by atoms with E-state index >= 15 is 0 Å². The number of aromatic hydroxyl groups is 1. The van der Waals surface area contributed by atoms with Crippen LogP contribution in [0.3, 0.4) is 0 Å². The van der Waals surface area contributed by atoms with Crippen molar-refractivity contribution in [3.8, 4) is 11.5 Å². The van der Waals surface area contributed by atoms with Crippen molar-refractivity contribution < 1.29 is 24.2 Å². The summed E-state index contributed by atoms with van der Waals surface area (Å²) in [6, 6.07) is 4.68. The van der Waals surface area contributed by atoms with Crippen molar-refractivity contribution in [1.29, 1.82) is 0 Å². The number of ether oxygens (including phenoxy) is 2. The zero-order valence-electron chi connectivity index (χ0n) is 13.8. The van der Waals surface area contributed by atoms with Crippen molar-refractivity contribution in [2.24, 2.45) is 5.92 Å². The molecule has 0 heterocycles. The fourth-order valence-corrected chi connectivity index (χ4v) is 1.61. The first kappa shape index (κ1) is 18.5. The van der Waals surface area contributed by atoms with Crippen molar-refractivity contribution in [3.63, 3.8) is 0 Å². The molecule has 23 heavy (non-hydrogen) atoms. The topological polar surface area (TPSA) is 84.9 Å². The van der Waals surface area contributed by atoms with Crippen molar-refractivity contribution in [3.05, 3.63) is 29.8 Å². The van der Waals surface area contributed by atoms with Gasteiger partial charge in [0.2, 0.25) is 0 Å². The van der Waals surface area contributed by atoms with Crippen LogP contribution in [0.2, 0.25) is 0 Å². The summed E-state index contributed by atoms with van der Waals surface area (Å²) in [5.74, 6) is -0.326. The molecule has 1 amide bonds. The molecular formula is C17H23NO5. The lowest BCUT2D eigenvalue weighted by Crippen LogP contribution is -2.38. The Morgan fingerprint density at radius 1 is 1.30 bits per heavy atom. The van der Waals surface area contributed by atoms with Gasteiger partial charge in [-0.2, -0.15) is 0 Å². The minimum atomic E-state index is -0.621. The number of esters is 1. The second kappa shape index (κ2) is 8.82. The van der Waals surface area contributed by atoms with Gasteiger partial charge in [0, 0.05) is 12.1 Å². The van der Waals surface area contributed by atoms with Gasteiger partial charge in [-0.1, -0.05) is 19.9 Å². The highest BCUT2D eigenvalue weighted by Gasteiger charge is 2.11. The number of carbonyl (C=O) groups excluding carboxylic acids is 2. The third kappa shape index (κ3) is 6.42. The van der Waals surface area contributed by atoms with Gasteiger partial charge in [-0.05, 0) is 36.6 Å². The molecule has 1 aromatic carbocycles. The first-order chi connectivity index (χ1) is 10.8. The number of nitrogens with one attached hydrogen (secondary N) is 1. The molecule has 0 bridgehead atoms. The summed E-state index contributed by atoms with van der Waals surface area (Å²) in [6.45, 7) is 5.55. The number of phenols is 1. The molecule has 6 heteroatoms. The molecule has 0 aliphatic rings. The van der Waals surface area contributed by atoms with E-state index in [2.05, 4.69) is 5.32 Å². The van der Waals surface area contributed by atoms with E-state index in [0.29, 0.717) is 17.2 Å². The van der Waals surface area contributed by atoms with Gasteiger partial charge in [-0.15, -0.1) is 0 Å². The van der Waals surface area contributed by atoms with Crippen LogP contribution in [0.25, 0.3) is 6.08 Å². The smallest absolute Gasteiger partial charge is 0.331 e. The van der Waals surface area contributed by atoms with Crippen LogP contribution < -0.4 is 10.1 Å². The maximum absolute atomic E-state index is 11.6. The molecule has 1 aromatic rings. The van der Waals surface area contributed by atoms with Crippen LogP contribution in [0.5, 0.6) is 11.5 Å². The Labute approximate surface area is 136 Å². The molecule has 0 saturated carbocycles. The van der Waals surface area contributed by atoms with E-state index in [4.69, 9.17) is 9.47 Å². The van der Waals surface area contributed by atoms with E-state index in [9.17, 15) is 14.7 Å². The average molecular weight is 321 g/mol. The number of hydrogen-bond donors (Lipinski definition) is 2. The van der Waals surface area contributed by atoms with Crippen LogP contribution in [0.15, 0.2) is 24.3 Å². The molecule has 0 aliphatic heterocycles. The molecule has 6 nitrogen and oxygen atoms in total. The van der Waals surface area contributed by atoms with Gasteiger partial charge in [0.05, 0.1) is 7.11 Å². The van der Waals surface area contributed by atoms with Gasteiger partial charge in [0.15, 0.2) is 18.1 Å². The Kier molecular flexibility index (Phi) is 7.12. The van der Waals surface area contributed by atoms with E-state index < -0.39 is 5.97 Å². The summed E-state index contributed by atoms with van der Waals surface area (Å²) in [7, 11) is 1.44. The summed E-state index contributed by atoms with van der Waals surface area (Å²) < 4.78 is 9.84. The Bertz CT molecular complexity index is 580. The number of methoxy groups -OCH3 is 1. The maximum atomic E-state index is 11.6. The van der Waals surface area contributed by atoms with Gasteiger partial charge in [0.25, 0.3) is 5.91 Å². The molecule has 0 saturated heterocycles. The van der Waals surface area contributed by atoms with E-state index in [0.717, 1.165) is 0 Å². The highest BCUT2D eigenvalue weighted by molar-refractivity contribution is 5.89. The lowest BCUT2D eigenvalue weighted by molar-refractivity contribution is -0.144. The molecule has 126 valence electrons. The molecule has 0 radical (unpaired) electrons. The monoisotopic (exact) mass is 321 g/mol. The lowest BCUT2D eigenvalue weighted by Gasteiger charge is -2.16. The molecule has 0 fully saturated rings. The fourth-order valence-electron chi connectivity index (χ4n) is 1.61. The van der Waals surface area contributed by atoms with Crippen LogP contribution in [-0.2, 0) is 14.3 Å². The summed E-state index contributed by atoms with van der Waals surface area (Å²) in [4.78, 5) is 23.2. The highest BCUT2D eigenvalue weighted by Crippen LogP contribution is 2.26. The number of benzene rings is 1. The van der Waals surface area contributed by atoms with Crippen LogP contribution in [-0.4, -0.2) is 36.7 Å². The van der Waals surface area contributed by atoms with Crippen LogP contribution in [0.1, 0.15) is 26.3 Å². The SMILES string of the molecule is COc1cc(/C=C/C(=O)OCC(=O)N[C@H](C)C(C)C)ccc1O. The third-order valence-corrected chi connectivity index (χ3v) is 3.35. The largest absolute Gasteiger partial charge is 0.504 e. The molecule has 0 aliphatic carbocycles. The zero-order chi connectivity index (χ0) is 17.4. The maximum Gasteiger partial charge on any atom is 0.331 e. The molecule has 1 rings (SSSR count). The summed E-state index contributed by atoms with van der Waals surface area (Å²) in [5.41, 5.74) is 0.662. The Balaban J connectivity index is 2.49. The van der Waals surface area contributed by atoms with Gasteiger partial charge >= 0.3 is 5.97 Å². The van der Waals surface area contributed by atoms with Crippen molar-refractivity contribution in [1.82, 2.24) is 5.32 Å². The van der Waals surface area contributed by atoms with E-state index in [1.807, 2.05) is 20.8 Å². The average Bonchev–Trinajstić information content (AvgIpc) is 2.51. The van der Waals surface area contributed by atoms with Crippen LogP contribution in [0.4, 0.5) is 0 Å².